The summed E-state index contributed by atoms with van der Waals surface area (Å²) < 4.78 is 51.9. The molecule has 5 aromatic carbocycles. The largest absolute Gasteiger partial charge is 0.444 e. The molecule has 0 radical (unpaired) electrons. The zero-order chi connectivity index (χ0) is 56.8. The molecule has 3 aliphatic rings. The third-order valence-corrected chi connectivity index (χ3v) is 17.9. The van der Waals surface area contributed by atoms with Crippen molar-refractivity contribution in [2.75, 3.05) is 77.7 Å². The maximum absolute atomic E-state index is 13.2. The van der Waals surface area contributed by atoms with Gasteiger partial charge in [0.25, 0.3) is 11.8 Å². The molecule has 2 aliphatic heterocycles. The minimum absolute atomic E-state index is 0. The molecule has 2 fully saturated rings. The molecule has 0 bridgehead atoms. The highest BCUT2D eigenvalue weighted by atomic mass is 32.2. The monoisotopic (exact) mass is 1150 g/mol. The van der Waals surface area contributed by atoms with E-state index >= 15 is 0 Å². The van der Waals surface area contributed by atoms with Crippen molar-refractivity contribution in [3.8, 4) is 11.1 Å². The first-order valence-electron chi connectivity index (χ1n) is 26.0. The van der Waals surface area contributed by atoms with E-state index in [1.807, 2.05) is 169 Å². The van der Waals surface area contributed by atoms with E-state index < -0.39 is 31.4 Å². The minimum atomic E-state index is -2.90. The number of sulfone groups is 2. The highest BCUT2D eigenvalue weighted by Crippen LogP contribution is 2.34. The Morgan fingerprint density at radius 1 is 0.608 bits per heavy atom. The number of carbonyl (C=O) groups excluding carboxylic acids is 3. The number of allylic oxidation sites excluding steroid dienone is 5. The summed E-state index contributed by atoms with van der Waals surface area (Å²) >= 11 is 3.04. The van der Waals surface area contributed by atoms with Gasteiger partial charge in [0.05, 0.1) is 34.1 Å². The summed E-state index contributed by atoms with van der Waals surface area (Å²) in [5, 5.41) is 8.79. The van der Waals surface area contributed by atoms with Gasteiger partial charge in [-0.15, -0.1) is 23.5 Å². The Hall–Kier alpha value is -6.15. The van der Waals surface area contributed by atoms with Gasteiger partial charge in [0, 0.05) is 71.8 Å². The number of benzene rings is 5. The number of anilines is 3. The molecule has 5 aromatic rings. The number of hydrogen-bond donors (Lipinski definition) is 4. The first kappa shape index (κ1) is 63.7. The van der Waals surface area contributed by atoms with E-state index in [-0.39, 0.29) is 42.3 Å². The number of carbonyl (C=O) groups is 3. The van der Waals surface area contributed by atoms with Crippen LogP contribution < -0.4 is 21.7 Å². The van der Waals surface area contributed by atoms with E-state index in [0.29, 0.717) is 61.8 Å². The SMILES string of the molecule is C.CC.CSc1cc(-c2cc(NC(=O)OC(C)(C)C)ccc2C)ccc1C(=O)Nc1ccc(CN2CCS(=O)(=O)CC2)cc1.CSc1cc(C2=C(C)C=CC(N)=CC2)ccc1C(=O)Nc1ccc(CN2CCS(=O)(=O)CC2)cc1. The van der Waals surface area contributed by atoms with Crippen molar-refractivity contribution in [2.45, 2.75) is 90.8 Å². The number of rotatable bonds is 13. The van der Waals surface area contributed by atoms with Crippen LogP contribution in [0.4, 0.5) is 21.9 Å². The molecular formula is C61H78N6O8S4. The zero-order valence-corrected chi connectivity index (χ0v) is 49.5. The van der Waals surface area contributed by atoms with Gasteiger partial charge in [-0.1, -0.05) is 75.9 Å². The summed E-state index contributed by atoms with van der Waals surface area (Å²) in [5.41, 5.74) is 17.9. The van der Waals surface area contributed by atoms with Crippen molar-refractivity contribution in [2.24, 2.45) is 5.73 Å². The topological polar surface area (TPSA) is 197 Å². The Balaban J connectivity index is 0.000000281. The maximum atomic E-state index is 13.2. The van der Waals surface area contributed by atoms with Crippen molar-refractivity contribution >= 4 is 83.7 Å². The predicted octanol–water partition coefficient (Wildman–Crippen LogP) is 12.3. The van der Waals surface area contributed by atoms with Crippen molar-refractivity contribution in [3.63, 3.8) is 0 Å². The molecule has 424 valence electrons. The number of ether oxygens (including phenoxy) is 1. The Morgan fingerprint density at radius 2 is 1.05 bits per heavy atom. The van der Waals surface area contributed by atoms with Crippen molar-refractivity contribution in [1.82, 2.24) is 9.80 Å². The minimum Gasteiger partial charge on any atom is -0.444 e. The normalized spacial score (nSPS) is 16.0. The van der Waals surface area contributed by atoms with Crippen molar-refractivity contribution in [1.29, 1.82) is 0 Å². The van der Waals surface area contributed by atoms with Crippen molar-refractivity contribution < 1.29 is 36.0 Å². The molecule has 18 heteroatoms. The molecule has 0 spiro atoms. The second-order valence-electron chi connectivity index (χ2n) is 20.0. The van der Waals surface area contributed by atoms with Crippen LogP contribution >= 0.6 is 23.5 Å². The lowest BCUT2D eigenvalue weighted by atomic mass is 9.97. The Labute approximate surface area is 478 Å². The van der Waals surface area contributed by atoms with Gasteiger partial charge in [-0.05, 0) is 165 Å². The zero-order valence-electron chi connectivity index (χ0n) is 46.2. The molecule has 2 saturated heterocycles. The Kier molecular flexibility index (Phi) is 23.2. The number of amides is 3. The molecular weight excluding hydrogens is 1070 g/mol. The molecule has 14 nitrogen and oxygen atoms in total. The van der Waals surface area contributed by atoms with Gasteiger partial charge in [-0.3, -0.25) is 24.7 Å². The first-order chi connectivity index (χ1) is 37.1. The Morgan fingerprint density at radius 3 is 1.51 bits per heavy atom. The van der Waals surface area contributed by atoms with E-state index in [1.54, 1.807) is 11.8 Å². The number of aryl methyl sites for hydroxylation is 1. The number of nitrogens with two attached hydrogens (primary N) is 1. The first-order valence-corrected chi connectivity index (χ1v) is 32.1. The molecule has 0 aromatic heterocycles. The molecule has 1 aliphatic carbocycles. The molecule has 8 rings (SSSR count). The van der Waals surface area contributed by atoms with Gasteiger partial charge in [0.15, 0.2) is 19.7 Å². The lowest BCUT2D eigenvalue weighted by molar-refractivity contribution is 0.0635. The van der Waals surface area contributed by atoms with Gasteiger partial charge < -0.3 is 21.1 Å². The van der Waals surface area contributed by atoms with Gasteiger partial charge in [0.1, 0.15) is 5.60 Å². The van der Waals surface area contributed by atoms with E-state index in [4.69, 9.17) is 10.5 Å². The summed E-state index contributed by atoms with van der Waals surface area (Å²) in [5.74, 6) is 0.487. The summed E-state index contributed by atoms with van der Waals surface area (Å²) in [7, 11) is -5.78. The predicted molar refractivity (Wildman–Crippen MR) is 330 cm³/mol. The van der Waals surface area contributed by atoms with Crippen LogP contribution in [-0.4, -0.2) is 112 Å². The van der Waals surface area contributed by atoms with Crippen LogP contribution in [0, 0.1) is 6.92 Å². The second-order valence-corrected chi connectivity index (χ2v) is 26.4. The van der Waals surface area contributed by atoms with Crippen LogP contribution in [0.15, 0.2) is 142 Å². The third kappa shape index (κ3) is 19.0. The maximum Gasteiger partial charge on any atom is 0.412 e. The summed E-state index contributed by atoms with van der Waals surface area (Å²) in [6.07, 6.45) is 10.1. The van der Waals surface area contributed by atoms with Gasteiger partial charge in [0.2, 0.25) is 0 Å². The van der Waals surface area contributed by atoms with E-state index in [0.717, 1.165) is 66.6 Å². The highest BCUT2D eigenvalue weighted by Gasteiger charge is 2.24. The molecule has 2 heterocycles. The Bertz CT molecular complexity index is 3250. The molecule has 3 amide bonds. The average Bonchev–Trinajstić information content (AvgIpc) is 3.64. The quantitative estimate of drug-likeness (QED) is 0.0813. The fourth-order valence-corrected chi connectivity index (χ4v) is 12.6. The van der Waals surface area contributed by atoms with Crippen molar-refractivity contribution in [3.05, 3.63) is 166 Å². The fourth-order valence-electron chi connectivity index (χ4n) is 8.78. The average molecular weight is 1150 g/mol. The second kappa shape index (κ2) is 28.8. The van der Waals surface area contributed by atoms with Gasteiger partial charge in [-0.2, -0.15) is 0 Å². The molecule has 79 heavy (non-hydrogen) atoms. The van der Waals surface area contributed by atoms with Gasteiger partial charge in [-0.25, -0.2) is 21.6 Å². The smallest absolute Gasteiger partial charge is 0.412 e. The standard InChI is InChI=1S/C31H37N3O5S2.C27H31N3O3S2.C2H6.CH4/c1-21-6-10-25(33-30(36)39-31(2,3)4)19-27(21)23-9-13-26(28(18-23)40-5)29(35)32-24-11-7-22(8-12-24)20-34-14-16-41(37,38)17-15-34;1-19-3-7-22(28)8-12-24(19)21-6-11-25(26(17-21)34-2)27(31)29-23-9-4-20(5-10-23)18-30-13-15-35(32,33)16-14-30;1-2;/h6-13,18-19H,14-17,20H2,1-5H3,(H,32,35)(H,33,36);3-11,17H,12-16,18,28H2,1-2H3,(H,29,31);1-2H3;1H4. The highest BCUT2D eigenvalue weighted by molar-refractivity contribution is 7.99. The van der Waals surface area contributed by atoms with Crippen LogP contribution in [0.5, 0.6) is 0 Å². The number of nitrogens with one attached hydrogen (secondary N) is 3. The van der Waals surface area contributed by atoms with Gasteiger partial charge >= 0.3 is 6.09 Å². The number of nitrogens with zero attached hydrogens (tertiary/aromatic N) is 2. The van der Waals surface area contributed by atoms with E-state index in [2.05, 4.69) is 38.7 Å². The van der Waals surface area contributed by atoms with E-state index in [9.17, 15) is 31.2 Å². The fraction of sp³-hybridized carbons (Fsp3) is 0.361. The molecule has 0 unspecified atom stereocenters. The lowest BCUT2D eigenvalue weighted by Gasteiger charge is -2.26. The van der Waals surface area contributed by atoms with Crippen LogP contribution in [0.1, 0.15) is 98.4 Å². The molecule has 0 saturated carbocycles. The molecule has 0 atom stereocenters. The summed E-state index contributed by atoms with van der Waals surface area (Å²) in [6, 6.07) is 32.8. The number of hydrogen-bond acceptors (Lipinski definition) is 13. The van der Waals surface area contributed by atoms with Crippen LogP contribution in [0.25, 0.3) is 16.7 Å². The summed E-state index contributed by atoms with van der Waals surface area (Å²) in [4.78, 5) is 44.6. The lowest BCUT2D eigenvalue weighted by Crippen LogP contribution is -2.39. The van der Waals surface area contributed by atoms with E-state index in [1.165, 1.54) is 17.3 Å². The summed E-state index contributed by atoms with van der Waals surface area (Å²) in [6.45, 7) is 17.1. The van der Waals surface area contributed by atoms with Crippen LogP contribution in [0.2, 0.25) is 0 Å². The third-order valence-electron chi connectivity index (χ3n) is 13.1. The van der Waals surface area contributed by atoms with Crippen LogP contribution in [0.3, 0.4) is 0 Å². The van der Waals surface area contributed by atoms with Crippen LogP contribution in [-0.2, 0) is 37.5 Å². The number of thioether (sulfide) groups is 2. The molecule has 5 N–H and O–H groups in total.